The van der Waals surface area contributed by atoms with E-state index in [2.05, 4.69) is 10.1 Å². The molecule has 0 saturated carbocycles. The van der Waals surface area contributed by atoms with Crippen LogP contribution in [0.15, 0.2) is 11.8 Å². The minimum atomic E-state index is -0.596. The molecule has 0 fully saturated rings. The van der Waals surface area contributed by atoms with Crippen molar-refractivity contribution in [1.29, 1.82) is 5.26 Å². The highest BCUT2D eigenvalue weighted by Gasteiger charge is 2.17. The van der Waals surface area contributed by atoms with E-state index in [1.807, 2.05) is 0 Å². The van der Waals surface area contributed by atoms with Crippen LogP contribution in [0.5, 0.6) is 0 Å². The Morgan fingerprint density at radius 3 is 2.40 bits per heavy atom. The molecule has 3 N–H and O–H groups in total. The molecule has 0 aliphatic heterocycles. The number of nitrogens with one attached hydrogen (secondary N) is 1. The normalized spacial score (nSPS) is 10.6. The Hall–Kier alpha value is -2.11. The van der Waals surface area contributed by atoms with Gasteiger partial charge < -0.3 is 25.2 Å². The number of hydrogen-bond donors (Lipinski definition) is 3. The summed E-state index contributed by atoms with van der Waals surface area (Å²) in [5.74, 6) is -1.00. The van der Waals surface area contributed by atoms with Crippen molar-refractivity contribution in [3.8, 4) is 6.07 Å². The fourth-order valence-electron chi connectivity index (χ4n) is 1.32. The predicted molar refractivity (Wildman–Crippen MR) is 69.1 cm³/mol. The smallest absolute Gasteiger partial charge is 0.307 e. The van der Waals surface area contributed by atoms with Crippen LogP contribution < -0.4 is 5.32 Å². The van der Waals surface area contributed by atoms with Crippen molar-refractivity contribution < 1.29 is 24.5 Å². The lowest BCUT2D eigenvalue weighted by Crippen LogP contribution is -2.37. The van der Waals surface area contributed by atoms with E-state index in [-0.39, 0.29) is 44.8 Å². The number of hydrogen-bond acceptors (Lipinski definition) is 7. The molecule has 0 unspecified atom stereocenters. The Bertz CT molecular complexity index is 383. The second-order valence-electron chi connectivity index (χ2n) is 3.69. The van der Waals surface area contributed by atoms with E-state index < -0.39 is 11.9 Å². The molecule has 0 aliphatic carbocycles. The van der Waals surface area contributed by atoms with Crippen molar-refractivity contribution in [3.05, 3.63) is 11.8 Å². The number of nitriles is 1. The van der Waals surface area contributed by atoms with Crippen molar-refractivity contribution >= 4 is 11.9 Å². The zero-order valence-electron chi connectivity index (χ0n) is 11.3. The van der Waals surface area contributed by atoms with Crippen LogP contribution in [-0.2, 0) is 14.3 Å². The molecule has 0 aromatic heterocycles. The Balaban J connectivity index is 4.51. The maximum Gasteiger partial charge on any atom is 0.307 e. The number of nitrogens with zero attached hydrogens (tertiary/aromatic N) is 2. The number of amides is 1. The fraction of sp³-hybridized carbons (Fsp3) is 0.583. The zero-order chi connectivity index (χ0) is 15.4. The first-order valence-electron chi connectivity index (χ1n) is 6.02. The third kappa shape index (κ3) is 6.72. The number of carbonyl (C=O) groups is 2. The molecule has 0 rings (SSSR count). The molecule has 0 aromatic carbocycles. The molecular formula is C12H19N3O5. The molecule has 0 radical (unpaired) electrons. The zero-order valence-corrected chi connectivity index (χ0v) is 11.3. The molecule has 112 valence electrons. The van der Waals surface area contributed by atoms with Gasteiger partial charge in [0.05, 0.1) is 26.7 Å². The predicted octanol–water partition coefficient (Wildman–Crippen LogP) is -1.64. The quantitative estimate of drug-likeness (QED) is 0.201. The van der Waals surface area contributed by atoms with Crippen LogP contribution in [0.2, 0.25) is 0 Å². The number of aliphatic hydroxyl groups excluding tert-OH is 2. The summed E-state index contributed by atoms with van der Waals surface area (Å²) in [6.07, 6.45) is 1.31. The van der Waals surface area contributed by atoms with Gasteiger partial charge in [-0.1, -0.05) is 0 Å². The van der Waals surface area contributed by atoms with Gasteiger partial charge in [-0.15, -0.1) is 0 Å². The average Bonchev–Trinajstić information content (AvgIpc) is 2.46. The van der Waals surface area contributed by atoms with Crippen molar-refractivity contribution in [1.82, 2.24) is 10.2 Å². The third-order valence-corrected chi connectivity index (χ3v) is 2.33. The maximum absolute atomic E-state index is 11.9. The van der Waals surface area contributed by atoms with E-state index in [9.17, 15) is 9.59 Å². The molecule has 8 nitrogen and oxygen atoms in total. The van der Waals surface area contributed by atoms with Gasteiger partial charge in [0, 0.05) is 25.8 Å². The maximum atomic E-state index is 11.9. The number of esters is 1. The number of ether oxygens (including phenoxy) is 1. The van der Waals surface area contributed by atoms with Crippen LogP contribution >= 0.6 is 0 Å². The van der Waals surface area contributed by atoms with Crippen molar-refractivity contribution in [2.75, 3.05) is 40.0 Å². The van der Waals surface area contributed by atoms with Gasteiger partial charge >= 0.3 is 5.97 Å². The highest BCUT2D eigenvalue weighted by atomic mass is 16.5. The summed E-state index contributed by atoms with van der Waals surface area (Å²) >= 11 is 0. The molecule has 0 atom stereocenters. The van der Waals surface area contributed by atoms with Crippen LogP contribution in [0.3, 0.4) is 0 Å². The van der Waals surface area contributed by atoms with E-state index in [1.54, 1.807) is 6.07 Å². The van der Waals surface area contributed by atoms with Gasteiger partial charge in [0.1, 0.15) is 11.6 Å². The molecule has 0 spiro atoms. The third-order valence-electron chi connectivity index (χ3n) is 2.33. The second kappa shape index (κ2) is 10.8. The lowest BCUT2D eigenvalue weighted by atomic mass is 10.2. The van der Waals surface area contributed by atoms with E-state index in [1.165, 1.54) is 13.3 Å². The molecule has 0 heterocycles. The second-order valence-corrected chi connectivity index (χ2v) is 3.69. The minimum Gasteiger partial charge on any atom is -0.469 e. The number of aliphatic hydroxyl groups is 2. The summed E-state index contributed by atoms with van der Waals surface area (Å²) in [6.45, 7) is -0.243. The first-order chi connectivity index (χ1) is 9.60. The van der Waals surface area contributed by atoms with E-state index in [0.717, 1.165) is 4.90 Å². The van der Waals surface area contributed by atoms with E-state index in [0.29, 0.717) is 0 Å². The molecule has 8 heteroatoms. The summed E-state index contributed by atoms with van der Waals surface area (Å²) in [6, 6.07) is 1.73. The molecule has 0 aromatic rings. The van der Waals surface area contributed by atoms with Gasteiger partial charge in [0.2, 0.25) is 0 Å². The van der Waals surface area contributed by atoms with Gasteiger partial charge in [0.25, 0.3) is 5.91 Å². The van der Waals surface area contributed by atoms with Crippen LogP contribution in [-0.4, -0.2) is 66.9 Å². The monoisotopic (exact) mass is 285 g/mol. The Morgan fingerprint density at radius 1 is 1.35 bits per heavy atom. The summed E-state index contributed by atoms with van der Waals surface area (Å²) < 4.78 is 4.44. The number of carbonyl (C=O) groups excluding carboxylic acids is 2. The lowest BCUT2D eigenvalue weighted by Gasteiger charge is -2.19. The molecule has 0 bridgehead atoms. The average molecular weight is 285 g/mol. The van der Waals surface area contributed by atoms with E-state index in [4.69, 9.17) is 15.5 Å². The highest BCUT2D eigenvalue weighted by Crippen LogP contribution is 2.00. The lowest BCUT2D eigenvalue weighted by molar-refractivity contribution is -0.140. The summed E-state index contributed by atoms with van der Waals surface area (Å²) in [5, 5.41) is 29.2. The van der Waals surface area contributed by atoms with Crippen LogP contribution in [0.25, 0.3) is 0 Å². The van der Waals surface area contributed by atoms with Gasteiger partial charge in [0.15, 0.2) is 0 Å². The molecule has 1 amide bonds. The Labute approximate surface area is 117 Å². The summed E-state index contributed by atoms with van der Waals surface area (Å²) in [4.78, 5) is 23.9. The van der Waals surface area contributed by atoms with Crippen molar-refractivity contribution in [2.45, 2.75) is 6.42 Å². The molecular weight excluding hydrogens is 266 g/mol. The number of rotatable bonds is 9. The van der Waals surface area contributed by atoms with Crippen molar-refractivity contribution in [3.63, 3.8) is 0 Å². The Morgan fingerprint density at radius 2 is 1.95 bits per heavy atom. The van der Waals surface area contributed by atoms with Crippen LogP contribution in [0.4, 0.5) is 0 Å². The van der Waals surface area contributed by atoms with Crippen LogP contribution in [0.1, 0.15) is 6.42 Å². The topological polar surface area (TPSA) is 123 Å². The molecule has 20 heavy (non-hydrogen) atoms. The SMILES string of the molecule is COC(=O)CCN/C=C(/C#N)C(=O)N(CCO)CCO. The standard InChI is InChI=1S/C12H19N3O5/c1-20-11(18)2-3-14-9-10(8-13)12(19)15(4-6-16)5-7-17/h9,14,16-17H,2-7H2,1H3/b10-9-. The fourth-order valence-corrected chi connectivity index (χ4v) is 1.32. The summed E-state index contributed by atoms with van der Waals surface area (Å²) in [7, 11) is 1.27. The van der Waals surface area contributed by atoms with Crippen molar-refractivity contribution in [2.24, 2.45) is 0 Å². The molecule has 0 aliphatic rings. The molecule has 0 saturated heterocycles. The number of methoxy groups -OCH3 is 1. The Kier molecular flexibility index (Phi) is 9.64. The highest BCUT2D eigenvalue weighted by molar-refractivity contribution is 5.97. The van der Waals surface area contributed by atoms with E-state index >= 15 is 0 Å². The minimum absolute atomic E-state index is 0.0283. The van der Waals surface area contributed by atoms with Gasteiger partial charge in [-0.25, -0.2) is 0 Å². The first-order valence-corrected chi connectivity index (χ1v) is 6.02. The largest absolute Gasteiger partial charge is 0.469 e. The summed E-state index contributed by atoms with van der Waals surface area (Å²) in [5.41, 5.74) is -0.170. The van der Waals surface area contributed by atoms with Crippen LogP contribution in [0, 0.1) is 11.3 Å². The van der Waals surface area contributed by atoms with Gasteiger partial charge in [-0.2, -0.15) is 5.26 Å². The van der Waals surface area contributed by atoms with Gasteiger partial charge in [-0.3, -0.25) is 9.59 Å². The van der Waals surface area contributed by atoms with Gasteiger partial charge in [-0.05, 0) is 0 Å². The first kappa shape index (κ1) is 17.9.